The number of hydrogen-bond acceptors (Lipinski definition) is 3. The van der Waals surface area contributed by atoms with Crippen LogP contribution in [0.2, 0.25) is 0 Å². The molecule has 3 nitrogen and oxygen atoms in total. The molecule has 38 heavy (non-hydrogen) atoms. The van der Waals surface area contributed by atoms with E-state index >= 15 is 0 Å². The molecule has 3 heteroatoms. The van der Waals surface area contributed by atoms with E-state index in [1.54, 1.807) is 0 Å². The molecule has 0 bridgehead atoms. The summed E-state index contributed by atoms with van der Waals surface area (Å²) in [5.41, 5.74) is 0. The van der Waals surface area contributed by atoms with E-state index in [1.165, 1.54) is 174 Å². The summed E-state index contributed by atoms with van der Waals surface area (Å²) in [5, 5.41) is 0. The molecule has 0 unspecified atom stereocenters. The first-order valence-electron chi connectivity index (χ1n) is 17.6. The third-order valence-corrected chi connectivity index (χ3v) is 8.24. The van der Waals surface area contributed by atoms with Gasteiger partial charge in [-0.05, 0) is 58.8 Å². The molecule has 0 N–H and O–H groups in total. The van der Waals surface area contributed by atoms with E-state index in [2.05, 4.69) is 44.7 Å². The van der Waals surface area contributed by atoms with Crippen LogP contribution in [0.1, 0.15) is 168 Å². The van der Waals surface area contributed by atoms with Gasteiger partial charge in [-0.3, -0.25) is 0 Å². The average molecular weight is 539 g/mol. The second-order valence-electron chi connectivity index (χ2n) is 12.5. The van der Waals surface area contributed by atoms with Crippen molar-refractivity contribution in [2.75, 3.05) is 53.5 Å². The molecule has 0 saturated carbocycles. The van der Waals surface area contributed by atoms with Gasteiger partial charge >= 0.3 is 0 Å². The number of hydrogen-bond donors (Lipinski definition) is 0. The fourth-order valence-electron chi connectivity index (χ4n) is 5.67. The predicted molar refractivity (Wildman–Crippen MR) is 173 cm³/mol. The zero-order chi connectivity index (χ0) is 27.9. The van der Waals surface area contributed by atoms with Gasteiger partial charge in [0.05, 0.1) is 0 Å². The van der Waals surface area contributed by atoms with Crippen molar-refractivity contribution in [1.82, 2.24) is 9.80 Å². The Kier molecular flexibility index (Phi) is 31.3. The number of nitrogens with zero attached hydrogens (tertiary/aromatic N) is 2. The lowest BCUT2D eigenvalue weighted by molar-refractivity contribution is 0.101. The fourth-order valence-corrected chi connectivity index (χ4v) is 5.67. The van der Waals surface area contributed by atoms with Crippen molar-refractivity contribution >= 4 is 0 Å². The van der Waals surface area contributed by atoms with E-state index in [1.807, 2.05) is 0 Å². The predicted octanol–water partition coefficient (Wildman–Crippen LogP) is 10.5. The van der Waals surface area contributed by atoms with Gasteiger partial charge in [-0.15, -0.1) is 0 Å². The van der Waals surface area contributed by atoms with Gasteiger partial charge in [0.1, 0.15) is 0 Å². The smallest absolute Gasteiger partial charge is 0.0469 e. The van der Waals surface area contributed by atoms with Crippen molar-refractivity contribution in [3.8, 4) is 0 Å². The summed E-state index contributed by atoms with van der Waals surface area (Å²) in [4.78, 5) is 5.21. The summed E-state index contributed by atoms with van der Waals surface area (Å²) in [5.74, 6) is 0.720. The monoisotopic (exact) mass is 539 g/mol. The van der Waals surface area contributed by atoms with Gasteiger partial charge in [-0.1, -0.05) is 143 Å². The van der Waals surface area contributed by atoms with Crippen LogP contribution in [-0.2, 0) is 4.74 Å². The Balaban J connectivity index is 4.11. The molecular formula is C35H74N2O. The fraction of sp³-hybridized carbons (Fsp3) is 1.00. The molecule has 230 valence electrons. The highest BCUT2D eigenvalue weighted by molar-refractivity contribution is 4.69. The quantitative estimate of drug-likeness (QED) is 0.0792. The highest BCUT2D eigenvalue weighted by atomic mass is 16.5. The van der Waals surface area contributed by atoms with E-state index in [0.717, 1.165) is 19.1 Å². The molecule has 0 aromatic rings. The van der Waals surface area contributed by atoms with E-state index in [4.69, 9.17) is 4.74 Å². The van der Waals surface area contributed by atoms with Crippen molar-refractivity contribution in [3.63, 3.8) is 0 Å². The lowest BCUT2D eigenvalue weighted by Crippen LogP contribution is -2.35. The Hall–Kier alpha value is -0.120. The summed E-state index contributed by atoms with van der Waals surface area (Å²) in [6, 6.07) is 0. The van der Waals surface area contributed by atoms with Gasteiger partial charge in [0.15, 0.2) is 0 Å². The maximum atomic E-state index is 6.13. The van der Waals surface area contributed by atoms with Crippen molar-refractivity contribution < 1.29 is 4.74 Å². The summed E-state index contributed by atoms with van der Waals surface area (Å²) < 4.78 is 6.13. The molecule has 0 aliphatic rings. The van der Waals surface area contributed by atoms with Crippen LogP contribution in [0.5, 0.6) is 0 Å². The molecule has 0 heterocycles. The molecule has 0 aromatic carbocycles. The van der Waals surface area contributed by atoms with Crippen molar-refractivity contribution in [2.24, 2.45) is 5.92 Å². The highest BCUT2D eigenvalue weighted by Gasteiger charge is 2.14. The largest absolute Gasteiger partial charge is 0.381 e. The van der Waals surface area contributed by atoms with Gasteiger partial charge in [0.25, 0.3) is 0 Å². The van der Waals surface area contributed by atoms with Crippen molar-refractivity contribution in [1.29, 1.82) is 0 Å². The maximum Gasteiger partial charge on any atom is 0.0469 e. The lowest BCUT2D eigenvalue weighted by atomic mass is 10.0. The summed E-state index contributed by atoms with van der Waals surface area (Å²) in [6.45, 7) is 13.8. The number of rotatable bonds is 32. The van der Waals surface area contributed by atoms with E-state index in [0.29, 0.717) is 0 Å². The van der Waals surface area contributed by atoms with Crippen LogP contribution >= 0.6 is 0 Å². The topological polar surface area (TPSA) is 15.7 Å². The molecule has 0 saturated heterocycles. The molecular weight excluding hydrogens is 464 g/mol. The Morgan fingerprint density at radius 1 is 0.421 bits per heavy atom. The Morgan fingerprint density at radius 3 is 1.16 bits per heavy atom. The van der Waals surface area contributed by atoms with Crippen molar-refractivity contribution in [3.05, 3.63) is 0 Å². The molecule has 0 aliphatic carbocycles. The first kappa shape index (κ1) is 37.9. The summed E-state index contributed by atoms with van der Waals surface area (Å²) >= 11 is 0. The van der Waals surface area contributed by atoms with Gasteiger partial charge in [-0.25, -0.2) is 0 Å². The molecule has 0 aromatic heterocycles. The van der Waals surface area contributed by atoms with Crippen LogP contribution in [0.25, 0.3) is 0 Å². The van der Waals surface area contributed by atoms with Gasteiger partial charge in [0.2, 0.25) is 0 Å². The van der Waals surface area contributed by atoms with Gasteiger partial charge < -0.3 is 14.5 Å². The first-order valence-corrected chi connectivity index (χ1v) is 17.6. The lowest BCUT2D eigenvalue weighted by Gasteiger charge is -2.28. The SMILES string of the molecule is CCCCCCCCCCCCOCCC(CN(C)CCCCCCCC)CN(C)CCCCCCCC. The minimum atomic E-state index is 0.720. The molecule has 0 atom stereocenters. The molecule has 0 amide bonds. The Morgan fingerprint density at radius 2 is 0.763 bits per heavy atom. The maximum absolute atomic E-state index is 6.13. The van der Waals surface area contributed by atoms with Crippen LogP contribution < -0.4 is 0 Å². The standard InChI is InChI=1S/C35H74N2O/c1-6-9-12-15-18-19-20-21-24-27-31-38-32-28-35(33-36(4)29-25-22-16-13-10-7-2)34-37(5)30-26-23-17-14-11-8-3/h35H,6-34H2,1-5H3. The zero-order valence-corrected chi connectivity index (χ0v) is 27.4. The first-order chi connectivity index (χ1) is 18.6. The minimum Gasteiger partial charge on any atom is -0.381 e. The molecule has 0 radical (unpaired) electrons. The third-order valence-electron chi connectivity index (χ3n) is 8.24. The second-order valence-corrected chi connectivity index (χ2v) is 12.5. The third kappa shape index (κ3) is 28.9. The second kappa shape index (κ2) is 31.4. The highest BCUT2D eigenvalue weighted by Crippen LogP contribution is 2.13. The average Bonchev–Trinajstić information content (AvgIpc) is 2.90. The summed E-state index contributed by atoms with van der Waals surface area (Å²) in [7, 11) is 4.69. The van der Waals surface area contributed by atoms with Gasteiger partial charge in [-0.2, -0.15) is 0 Å². The van der Waals surface area contributed by atoms with Gasteiger partial charge in [0, 0.05) is 26.3 Å². The minimum absolute atomic E-state index is 0.720. The van der Waals surface area contributed by atoms with Crippen LogP contribution in [0, 0.1) is 5.92 Å². The van der Waals surface area contributed by atoms with E-state index in [-0.39, 0.29) is 0 Å². The summed E-state index contributed by atoms with van der Waals surface area (Å²) in [6.07, 6.45) is 31.8. The Bertz CT molecular complexity index is 406. The van der Waals surface area contributed by atoms with Crippen LogP contribution in [0.15, 0.2) is 0 Å². The molecule has 0 aliphatic heterocycles. The zero-order valence-electron chi connectivity index (χ0n) is 27.4. The van der Waals surface area contributed by atoms with Crippen LogP contribution in [0.4, 0.5) is 0 Å². The van der Waals surface area contributed by atoms with E-state index in [9.17, 15) is 0 Å². The van der Waals surface area contributed by atoms with Crippen LogP contribution in [-0.4, -0.2) is 63.3 Å². The van der Waals surface area contributed by atoms with Crippen molar-refractivity contribution in [2.45, 2.75) is 168 Å². The molecule has 0 spiro atoms. The molecule has 0 rings (SSSR count). The van der Waals surface area contributed by atoms with E-state index < -0.39 is 0 Å². The molecule has 0 fully saturated rings. The normalized spacial score (nSPS) is 12.0. The van der Waals surface area contributed by atoms with Crippen LogP contribution in [0.3, 0.4) is 0 Å². The number of ether oxygens (including phenoxy) is 1. The number of unbranched alkanes of at least 4 members (excludes halogenated alkanes) is 19. The Labute approximate surface area is 242 Å².